The van der Waals surface area contributed by atoms with Gasteiger partial charge in [-0.3, -0.25) is 14.4 Å². The summed E-state index contributed by atoms with van der Waals surface area (Å²) < 4.78 is 0. The SMILES string of the molecule is CC(=O)N(CCC(=O)N[C@@H]1CC[C@H](C(=O)O)C1)Cc1ccccc1. The summed E-state index contributed by atoms with van der Waals surface area (Å²) in [5, 5.41) is 11.9. The second-order valence-electron chi connectivity index (χ2n) is 6.29. The van der Waals surface area contributed by atoms with Crippen LogP contribution < -0.4 is 5.32 Å². The van der Waals surface area contributed by atoms with Crippen LogP contribution >= 0.6 is 0 Å². The van der Waals surface area contributed by atoms with Gasteiger partial charge < -0.3 is 15.3 Å². The van der Waals surface area contributed by atoms with Crippen molar-refractivity contribution >= 4 is 17.8 Å². The monoisotopic (exact) mass is 332 g/mol. The number of benzene rings is 1. The third-order valence-corrected chi connectivity index (χ3v) is 4.42. The Labute approximate surface area is 141 Å². The van der Waals surface area contributed by atoms with Crippen molar-refractivity contribution in [2.24, 2.45) is 5.92 Å². The smallest absolute Gasteiger partial charge is 0.306 e. The van der Waals surface area contributed by atoms with Crippen LogP contribution in [-0.2, 0) is 20.9 Å². The Morgan fingerprint density at radius 2 is 1.92 bits per heavy atom. The van der Waals surface area contributed by atoms with Gasteiger partial charge in [-0.1, -0.05) is 30.3 Å². The largest absolute Gasteiger partial charge is 0.481 e. The Balaban J connectivity index is 1.78. The summed E-state index contributed by atoms with van der Waals surface area (Å²) in [5.74, 6) is -1.36. The van der Waals surface area contributed by atoms with Gasteiger partial charge in [0.05, 0.1) is 5.92 Å². The van der Waals surface area contributed by atoms with Gasteiger partial charge in [0.1, 0.15) is 0 Å². The van der Waals surface area contributed by atoms with Crippen molar-refractivity contribution in [2.75, 3.05) is 6.54 Å². The molecule has 24 heavy (non-hydrogen) atoms. The Morgan fingerprint density at radius 1 is 1.21 bits per heavy atom. The number of carbonyl (C=O) groups excluding carboxylic acids is 2. The number of aliphatic carboxylic acids is 1. The van der Waals surface area contributed by atoms with E-state index >= 15 is 0 Å². The predicted octanol–water partition coefficient (Wildman–Crippen LogP) is 1.79. The molecule has 2 atom stereocenters. The summed E-state index contributed by atoms with van der Waals surface area (Å²) in [5.41, 5.74) is 1.02. The third kappa shape index (κ3) is 5.37. The molecule has 6 heteroatoms. The average Bonchev–Trinajstić information content (AvgIpc) is 3.01. The van der Waals surface area contributed by atoms with E-state index in [0.717, 1.165) is 5.56 Å². The molecule has 0 aromatic heterocycles. The number of carboxylic acid groups (broad SMARTS) is 1. The lowest BCUT2D eigenvalue weighted by atomic mass is 10.1. The van der Waals surface area contributed by atoms with Gasteiger partial charge in [-0.2, -0.15) is 0 Å². The van der Waals surface area contributed by atoms with E-state index in [1.807, 2.05) is 30.3 Å². The number of carboxylic acids is 1. The quantitative estimate of drug-likeness (QED) is 0.797. The van der Waals surface area contributed by atoms with Crippen molar-refractivity contribution in [3.05, 3.63) is 35.9 Å². The maximum atomic E-state index is 12.1. The normalized spacial score (nSPS) is 19.7. The van der Waals surface area contributed by atoms with Gasteiger partial charge in [-0.15, -0.1) is 0 Å². The van der Waals surface area contributed by atoms with Gasteiger partial charge in [0.15, 0.2) is 0 Å². The maximum absolute atomic E-state index is 12.1. The highest BCUT2D eigenvalue weighted by Gasteiger charge is 2.30. The Hall–Kier alpha value is -2.37. The molecule has 1 aromatic rings. The predicted molar refractivity (Wildman–Crippen MR) is 89.1 cm³/mol. The van der Waals surface area contributed by atoms with Crippen molar-refractivity contribution in [2.45, 2.75) is 45.2 Å². The second-order valence-corrected chi connectivity index (χ2v) is 6.29. The van der Waals surface area contributed by atoms with Crippen LogP contribution in [-0.4, -0.2) is 40.4 Å². The first kappa shape index (κ1) is 18.0. The zero-order chi connectivity index (χ0) is 17.5. The molecule has 0 aliphatic heterocycles. The van der Waals surface area contributed by atoms with Crippen LogP contribution in [0.2, 0.25) is 0 Å². The Bertz CT molecular complexity index is 588. The van der Waals surface area contributed by atoms with Crippen molar-refractivity contribution in [1.29, 1.82) is 0 Å². The van der Waals surface area contributed by atoms with Gasteiger partial charge in [0, 0.05) is 32.5 Å². The molecule has 0 unspecified atom stereocenters. The van der Waals surface area contributed by atoms with Crippen LogP contribution in [0.15, 0.2) is 30.3 Å². The standard InChI is InChI=1S/C18H24N2O4/c1-13(21)20(12-14-5-3-2-4-6-14)10-9-17(22)19-16-8-7-15(11-16)18(23)24/h2-6,15-16H,7-12H2,1H3,(H,19,22)(H,23,24)/t15-,16+/m0/s1. The number of nitrogens with one attached hydrogen (secondary N) is 1. The van der Waals surface area contributed by atoms with Gasteiger partial charge in [-0.25, -0.2) is 0 Å². The fourth-order valence-electron chi connectivity index (χ4n) is 3.02. The highest BCUT2D eigenvalue weighted by atomic mass is 16.4. The molecule has 2 amide bonds. The molecule has 1 aromatic carbocycles. The first-order valence-electron chi connectivity index (χ1n) is 8.27. The maximum Gasteiger partial charge on any atom is 0.306 e. The van der Waals surface area contributed by atoms with E-state index in [-0.39, 0.29) is 30.2 Å². The second kappa shape index (κ2) is 8.47. The molecule has 1 aliphatic carbocycles. The van der Waals surface area contributed by atoms with Crippen molar-refractivity contribution in [1.82, 2.24) is 10.2 Å². The van der Waals surface area contributed by atoms with Crippen molar-refractivity contribution in [3.8, 4) is 0 Å². The zero-order valence-electron chi connectivity index (χ0n) is 13.9. The van der Waals surface area contributed by atoms with Crippen molar-refractivity contribution < 1.29 is 19.5 Å². The molecule has 1 aliphatic rings. The summed E-state index contributed by atoms with van der Waals surface area (Å²) in [6.07, 6.45) is 2.01. The summed E-state index contributed by atoms with van der Waals surface area (Å²) in [4.78, 5) is 36.4. The number of amides is 2. The lowest BCUT2D eigenvalue weighted by molar-refractivity contribution is -0.141. The van der Waals surface area contributed by atoms with E-state index in [2.05, 4.69) is 5.32 Å². The molecule has 0 saturated heterocycles. The first-order valence-corrected chi connectivity index (χ1v) is 8.27. The molecule has 2 rings (SSSR count). The summed E-state index contributed by atoms with van der Waals surface area (Å²) in [6, 6.07) is 9.57. The molecular weight excluding hydrogens is 308 g/mol. The van der Waals surface area contributed by atoms with Crippen LogP contribution in [0.5, 0.6) is 0 Å². The van der Waals surface area contributed by atoms with E-state index in [9.17, 15) is 14.4 Å². The number of hydrogen-bond acceptors (Lipinski definition) is 3. The number of nitrogens with zero attached hydrogens (tertiary/aromatic N) is 1. The van der Waals surface area contributed by atoms with E-state index in [1.54, 1.807) is 4.90 Å². The number of hydrogen-bond donors (Lipinski definition) is 2. The minimum absolute atomic E-state index is 0.0708. The molecule has 130 valence electrons. The van der Waals surface area contributed by atoms with Crippen LogP contribution in [0.1, 0.15) is 38.2 Å². The highest BCUT2D eigenvalue weighted by Crippen LogP contribution is 2.25. The van der Waals surface area contributed by atoms with Gasteiger partial charge in [-0.05, 0) is 24.8 Å². The molecule has 0 spiro atoms. The molecule has 2 N–H and O–H groups in total. The van der Waals surface area contributed by atoms with Crippen LogP contribution in [0.25, 0.3) is 0 Å². The van der Waals surface area contributed by atoms with E-state index < -0.39 is 5.97 Å². The molecule has 0 bridgehead atoms. The lowest BCUT2D eigenvalue weighted by Crippen LogP contribution is -2.37. The fraction of sp³-hybridized carbons (Fsp3) is 0.500. The first-order chi connectivity index (χ1) is 11.5. The topological polar surface area (TPSA) is 86.7 Å². The molecule has 6 nitrogen and oxygen atoms in total. The summed E-state index contributed by atoms with van der Waals surface area (Å²) in [7, 11) is 0. The summed E-state index contributed by atoms with van der Waals surface area (Å²) in [6.45, 7) is 2.33. The average molecular weight is 332 g/mol. The summed E-state index contributed by atoms with van der Waals surface area (Å²) >= 11 is 0. The molecule has 0 heterocycles. The van der Waals surface area contributed by atoms with Gasteiger partial charge in [0.25, 0.3) is 0 Å². The Kier molecular flexibility index (Phi) is 6.35. The third-order valence-electron chi connectivity index (χ3n) is 4.42. The minimum Gasteiger partial charge on any atom is -0.481 e. The van der Waals surface area contributed by atoms with Gasteiger partial charge in [0.2, 0.25) is 11.8 Å². The molecule has 1 saturated carbocycles. The molecular formula is C18H24N2O4. The highest BCUT2D eigenvalue weighted by molar-refractivity contribution is 5.78. The zero-order valence-corrected chi connectivity index (χ0v) is 13.9. The van der Waals surface area contributed by atoms with Crippen molar-refractivity contribution in [3.63, 3.8) is 0 Å². The van der Waals surface area contributed by atoms with E-state index in [0.29, 0.717) is 32.4 Å². The fourth-order valence-corrected chi connectivity index (χ4v) is 3.02. The van der Waals surface area contributed by atoms with E-state index in [1.165, 1.54) is 6.92 Å². The lowest BCUT2D eigenvalue weighted by Gasteiger charge is -2.21. The van der Waals surface area contributed by atoms with Crippen LogP contribution in [0.4, 0.5) is 0 Å². The van der Waals surface area contributed by atoms with Crippen LogP contribution in [0, 0.1) is 5.92 Å². The number of carbonyl (C=O) groups is 3. The van der Waals surface area contributed by atoms with E-state index in [4.69, 9.17) is 5.11 Å². The van der Waals surface area contributed by atoms with Gasteiger partial charge >= 0.3 is 5.97 Å². The number of rotatable bonds is 7. The Morgan fingerprint density at radius 3 is 2.50 bits per heavy atom. The molecule has 0 radical (unpaired) electrons. The molecule has 1 fully saturated rings. The minimum atomic E-state index is -0.794. The van der Waals surface area contributed by atoms with Crippen LogP contribution in [0.3, 0.4) is 0 Å².